The van der Waals surface area contributed by atoms with Crippen molar-refractivity contribution in [2.75, 3.05) is 40.8 Å². The van der Waals surface area contributed by atoms with Gasteiger partial charge < -0.3 is 20.9 Å². The highest BCUT2D eigenvalue weighted by molar-refractivity contribution is 14.0. The van der Waals surface area contributed by atoms with Crippen molar-refractivity contribution in [1.82, 2.24) is 20.9 Å². The number of amides is 2. The highest BCUT2D eigenvalue weighted by Gasteiger charge is 2.42. The Hall–Kier alpha value is -1.06. The first-order valence-corrected chi connectivity index (χ1v) is 9.14. The van der Waals surface area contributed by atoms with Crippen LogP contribution in [-0.4, -0.2) is 63.5 Å². The molecule has 1 fully saturated rings. The number of hydrogen-bond donors (Lipinski definition) is 3. The Labute approximate surface area is 175 Å². The van der Waals surface area contributed by atoms with Crippen LogP contribution < -0.4 is 16.0 Å². The molecule has 0 aromatic heterocycles. The maximum atomic E-state index is 12.7. The minimum Gasteiger partial charge on any atom is -0.359 e. The fraction of sp³-hybridized carbons (Fsp3) is 0.833. The number of nitrogens with one attached hydrogen (secondary N) is 3. The molecule has 0 aromatic carbocycles. The van der Waals surface area contributed by atoms with E-state index in [1.54, 1.807) is 11.9 Å². The van der Waals surface area contributed by atoms with Crippen molar-refractivity contribution in [2.45, 2.75) is 46.5 Å². The van der Waals surface area contributed by atoms with Crippen LogP contribution in [0.15, 0.2) is 4.99 Å². The lowest BCUT2D eigenvalue weighted by atomic mass is 9.84. The van der Waals surface area contributed by atoms with Crippen LogP contribution in [0.25, 0.3) is 0 Å². The Morgan fingerprint density at radius 3 is 2.19 bits per heavy atom. The Bertz CT molecular complexity index is 500. The largest absolute Gasteiger partial charge is 0.359 e. The number of hydrogen-bond acceptors (Lipinski definition) is 3. The van der Waals surface area contributed by atoms with Gasteiger partial charge in [-0.15, -0.1) is 24.0 Å². The first-order valence-electron chi connectivity index (χ1n) is 9.14. The molecule has 2 amide bonds. The summed E-state index contributed by atoms with van der Waals surface area (Å²) in [5.41, 5.74) is -0.933. The van der Waals surface area contributed by atoms with Gasteiger partial charge in [0, 0.05) is 34.2 Å². The molecule has 1 aliphatic rings. The topological polar surface area (TPSA) is 85.8 Å². The standard InChI is InChI=1S/C18H35N5O2.HI/c1-7-20-16(21-12-17(2,3)14(24)19-4)22-13-18(10-8-9-11-18)15(25)23(5)6;/h7-13H2,1-6H3,(H,19,24)(H2,20,21,22);1H. The molecule has 1 rings (SSSR count). The Morgan fingerprint density at radius 2 is 1.73 bits per heavy atom. The maximum Gasteiger partial charge on any atom is 0.230 e. The summed E-state index contributed by atoms with van der Waals surface area (Å²) in [6.45, 7) is 7.39. The molecule has 1 aliphatic carbocycles. The highest BCUT2D eigenvalue weighted by Crippen LogP contribution is 2.38. The molecule has 0 unspecified atom stereocenters. The van der Waals surface area contributed by atoms with Crippen molar-refractivity contribution in [3.8, 4) is 0 Å². The summed E-state index contributed by atoms with van der Waals surface area (Å²) in [5.74, 6) is 0.790. The van der Waals surface area contributed by atoms with Gasteiger partial charge in [0.2, 0.25) is 11.8 Å². The average Bonchev–Trinajstić information content (AvgIpc) is 3.05. The fourth-order valence-electron chi connectivity index (χ4n) is 3.27. The number of rotatable bonds is 7. The van der Waals surface area contributed by atoms with E-state index in [9.17, 15) is 9.59 Å². The zero-order valence-electron chi connectivity index (χ0n) is 17.1. The summed E-state index contributed by atoms with van der Waals surface area (Å²) in [7, 11) is 5.26. The summed E-state index contributed by atoms with van der Waals surface area (Å²) >= 11 is 0. The molecule has 3 N–H and O–H groups in total. The summed E-state index contributed by atoms with van der Waals surface area (Å²) in [6.07, 6.45) is 3.97. The zero-order valence-corrected chi connectivity index (χ0v) is 19.4. The average molecular weight is 481 g/mol. The van der Waals surface area contributed by atoms with Crippen molar-refractivity contribution in [1.29, 1.82) is 0 Å². The molecule has 0 saturated heterocycles. The van der Waals surface area contributed by atoms with Crippen molar-refractivity contribution in [2.24, 2.45) is 15.8 Å². The summed E-state index contributed by atoms with van der Waals surface area (Å²) in [4.78, 5) is 30.8. The number of halogens is 1. The number of carbonyl (C=O) groups is 2. The van der Waals surface area contributed by atoms with Crippen molar-refractivity contribution < 1.29 is 9.59 Å². The number of guanidine groups is 1. The van der Waals surface area contributed by atoms with E-state index in [-0.39, 0.29) is 41.2 Å². The van der Waals surface area contributed by atoms with E-state index in [1.807, 2.05) is 34.9 Å². The monoisotopic (exact) mass is 481 g/mol. The van der Waals surface area contributed by atoms with Crippen LogP contribution in [-0.2, 0) is 9.59 Å². The van der Waals surface area contributed by atoms with Crippen molar-refractivity contribution in [3.63, 3.8) is 0 Å². The molecule has 152 valence electrons. The van der Waals surface area contributed by atoms with Gasteiger partial charge in [0.1, 0.15) is 0 Å². The predicted molar refractivity (Wildman–Crippen MR) is 117 cm³/mol. The van der Waals surface area contributed by atoms with Crippen molar-refractivity contribution >= 4 is 41.8 Å². The molecule has 0 bridgehead atoms. The van der Waals surface area contributed by atoms with Gasteiger partial charge in [0.05, 0.1) is 17.4 Å². The molecule has 7 nitrogen and oxygen atoms in total. The van der Waals surface area contributed by atoms with Crippen LogP contribution in [0.5, 0.6) is 0 Å². The van der Waals surface area contributed by atoms with E-state index < -0.39 is 5.41 Å². The first-order chi connectivity index (χ1) is 11.7. The Kier molecular flexibility index (Phi) is 10.5. The lowest BCUT2D eigenvalue weighted by Crippen LogP contribution is -2.49. The van der Waals surface area contributed by atoms with Gasteiger partial charge in [-0.2, -0.15) is 0 Å². The minimum absolute atomic E-state index is 0. The van der Waals surface area contributed by atoms with E-state index in [1.165, 1.54) is 0 Å². The van der Waals surface area contributed by atoms with Crippen LogP contribution >= 0.6 is 24.0 Å². The molecule has 0 spiro atoms. The molecular weight excluding hydrogens is 445 g/mol. The van der Waals surface area contributed by atoms with Crippen LogP contribution in [0.1, 0.15) is 46.5 Å². The second-order valence-corrected chi connectivity index (χ2v) is 7.70. The molecule has 26 heavy (non-hydrogen) atoms. The molecule has 0 heterocycles. The molecule has 1 saturated carbocycles. The lowest BCUT2D eigenvalue weighted by molar-refractivity contribution is -0.138. The summed E-state index contributed by atoms with van der Waals surface area (Å²) in [5, 5.41) is 9.20. The first kappa shape index (κ1) is 24.9. The van der Waals surface area contributed by atoms with Gasteiger partial charge in [-0.25, -0.2) is 0 Å². The molecular formula is C18H36IN5O2. The number of carbonyl (C=O) groups excluding carboxylic acids is 2. The van der Waals surface area contributed by atoms with E-state index in [0.29, 0.717) is 19.0 Å². The van der Waals surface area contributed by atoms with Crippen LogP contribution in [0.4, 0.5) is 0 Å². The fourth-order valence-corrected chi connectivity index (χ4v) is 3.27. The smallest absolute Gasteiger partial charge is 0.230 e. The van der Waals surface area contributed by atoms with Gasteiger partial charge in [0.25, 0.3) is 0 Å². The SMILES string of the molecule is CCNC(=NCC(C)(C)C(=O)NC)NCC1(C(=O)N(C)C)CCCC1.I. The summed E-state index contributed by atoms with van der Waals surface area (Å²) < 4.78 is 0. The van der Waals surface area contributed by atoms with Crippen LogP contribution in [0, 0.1) is 10.8 Å². The summed E-state index contributed by atoms with van der Waals surface area (Å²) in [6, 6.07) is 0. The molecule has 0 atom stereocenters. The third-order valence-corrected chi connectivity index (χ3v) is 4.83. The van der Waals surface area contributed by atoms with E-state index in [0.717, 1.165) is 32.2 Å². The van der Waals surface area contributed by atoms with Gasteiger partial charge in [-0.05, 0) is 33.6 Å². The number of nitrogens with zero attached hydrogens (tertiary/aromatic N) is 2. The molecule has 0 radical (unpaired) electrons. The van der Waals surface area contributed by atoms with Gasteiger partial charge in [-0.3, -0.25) is 14.6 Å². The minimum atomic E-state index is -0.582. The van der Waals surface area contributed by atoms with Crippen molar-refractivity contribution in [3.05, 3.63) is 0 Å². The van der Waals surface area contributed by atoms with Gasteiger partial charge in [0.15, 0.2) is 5.96 Å². The maximum absolute atomic E-state index is 12.7. The van der Waals surface area contributed by atoms with Gasteiger partial charge >= 0.3 is 0 Å². The third-order valence-electron chi connectivity index (χ3n) is 4.83. The molecule has 8 heteroatoms. The lowest BCUT2D eigenvalue weighted by Gasteiger charge is -2.31. The highest BCUT2D eigenvalue weighted by atomic mass is 127. The Morgan fingerprint density at radius 1 is 1.15 bits per heavy atom. The Balaban J connectivity index is 0.00000625. The normalized spacial score (nSPS) is 16.5. The van der Waals surface area contributed by atoms with E-state index in [4.69, 9.17) is 0 Å². The zero-order chi connectivity index (χ0) is 19.1. The number of aliphatic imine (C=N–C) groups is 1. The third kappa shape index (κ3) is 6.59. The quantitative estimate of drug-likeness (QED) is 0.293. The van der Waals surface area contributed by atoms with E-state index in [2.05, 4.69) is 20.9 Å². The van der Waals surface area contributed by atoms with E-state index >= 15 is 0 Å². The second-order valence-electron chi connectivity index (χ2n) is 7.70. The van der Waals surface area contributed by atoms with Crippen LogP contribution in [0.3, 0.4) is 0 Å². The predicted octanol–water partition coefficient (Wildman–Crippen LogP) is 1.58. The van der Waals surface area contributed by atoms with Gasteiger partial charge in [-0.1, -0.05) is 12.8 Å². The second kappa shape index (κ2) is 10.9. The van der Waals surface area contributed by atoms with Crippen LogP contribution in [0.2, 0.25) is 0 Å². The molecule has 0 aliphatic heterocycles. The molecule has 0 aromatic rings.